The van der Waals surface area contributed by atoms with E-state index >= 15 is 0 Å². The van der Waals surface area contributed by atoms with E-state index < -0.39 is 17.5 Å². The van der Waals surface area contributed by atoms with Crippen LogP contribution in [0.1, 0.15) is 28.8 Å². The Balaban J connectivity index is 1.64. The third-order valence-corrected chi connectivity index (χ3v) is 3.79. The topological polar surface area (TPSA) is 51.2 Å². The van der Waals surface area contributed by atoms with Crippen molar-refractivity contribution >= 4 is 21.8 Å². The number of aromatic nitrogens is 1. The predicted octanol–water partition coefficient (Wildman–Crippen LogP) is 3.59. The van der Waals surface area contributed by atoms with Crippen LogP contribution < -0.4 is 10.1 Å². The van der Waals surface area contributed by atoms with Crippen LogP contribution in [0.4, 0.5) is 8.78 Å². The third kappa shape index (κ3) is 4.04. The van der Waals surface area contributed by atoms with E-state index in [4.69, 9.17) is 4.74 Å². The Morgan fingerprint density at radius 1 is 1.30 bits per heavy atom. The number of benzene rings is 1. The molecule has 0 saturated heterocycles. The van der Waals surface area contributed by atoms with E-state index in [-0.39, 0.29) is 24.1 Å². The van der Waals surface area contributed by atoms with Gasteiger partial charge in [-0.3, -0.25) is 4.79 Å². The molecular formula is C16H13BrF2N2O2. The predicted molar refractivity (Wildman–Crippen MR) is 83.1 cm³/mol. The number of amides is 1. The second-order valence-corrected chi connectivity index (χ2v) is 6.17. The van der Waals surface area contributed by atoms with Gasteiger partial charge in [-0.05, 0) is 42.7 Å². The molecule has 1 heterocycles. The number of carbonyl (C=O) groups excluding carboxylic acids is 1. The molecule has 0 spiro atoms. The molecule has 4 nitrogen and oxygen atoms in total. The summed E-state index contributed by atoms with van der Waals surface area (Å²) >= 11 is 3.18. The van der Waals surface area contributed by atoms with Crippen LogP contribution >= 0.6 is 15.9 Å². The third-order valence-electron chi connectivity index (χ3n) is 3.29. The number of pyridine rings is 1. The van der Waals surface area contributed by atoms with Gasteiger partial charge < -0.3 is 10.1 Å². The van der Waals surface area contributed by atoms with Crippen molar-refractivity contribution in [2.75, 3.05) is 0 Å². The van der Waals surface area contributed by atoms with Crippen LogP contribution in [0.2, 0.25) is 0 Å². The summed E-state index contributed by atoms with van der Waals surface area (Å²) in [5, 5.41) is 2.54. The lowest BCUT2D eigenvalue weighted by Gasteiger charge is -2.08. The quantitative estimate of drug-likeness (QED) is 0.859. The SMILES string of the molecule is O=C(NCc1cnc(OC2CC2)c(F)c1)c1cc(Br)ccc1F. The highest BCUT2D eigenvalue weighted by atomic mass is 79.9. The average Bonchev–Trinajstić information content (AvgIpc) is 3.34. The van der Waals surface area contributed by atoms with Crippen LogP contribution in [0.25, 0.3) is 0 Å². The van der Waals surface area contributed by atoms with Gasteiger partial charge in [-0.2, -0.15) is 0 Å². The summed E-state index contributed by atoms with van der Waals surface area (Å²) in [6.45, 7) is 0.0401. The number of rotatable bonds is 5. The van der Waals surface area contributed by atoms with E-state index in [1.165, 1.54) is 30.5 Å². The van der Waals surface area contributed by atoms with Crippen molar-refractivity contribution in [3.63, 3.8) is 0 Å². The van der Waals surface area contributed by atoms with Gasteiger partial charge in [0.15, 0.2) is 5.82 Å². The second-order valence-electron chi connectivity index (χ2n) is 5.25. The minimum absolute atomic E-state index is 0.0272. The minimum atomic E-state index is -0.622. The van der Waals surface area contributed by atoms with Crippen molar-refractivity contribution < 1.29 is 18.3 Å². The molecule has 120 valence electrons. The van der Waals surface area contributed by atoms with Crippen molar-refractivity contribution in [2.24, 2.45) is 0 Å². The molecular weight excluding hydrogens is 370 g/mol. The van der Waals surface area contributed by atoms with Gasteiger partial charge in [-0.1, -0.05) is 15.9 Å². The van der Waals surface area contributed by atoms with Gasteiger partial charge in [0, 0.05) is 17.2 Å². The van der Waals surface area contributed by atoms with Gasteiger partial charge in [-0.25, -0.2) is 13.8 Å². The first kappa shape index (κ1) is 15.9. The van der Waals surface area contributed by atoms with Gasteiger partial charge in [0.1, 0.15) is 11.9 Å². The summed E-state index contributed by atoms with van der Waals surface area (Å²) < 4.78 is 33.4. The fraction of sp³-hybridized carbons (Fsp3) is 0.250. The number of nitrogens with one attached hydrogen (secondary N) is 1. The smallest absolute Gasteiger partial charge is 0.254 e. The van der Waals surface area contributed by atoms with E-state index in [0.29, 0.717) is 10.0 Å². The van der Waals surface area contributed by atoms with Gasteiger partial charge in [-0.15, -0.1) is 0 Å². The zero-order valence-corrected chi connectivity index (χ0v) is 13.6. The van der Waals surface area contributed by atoms with E-state index in [9.17, 15) is 13.6 Å². The Labute approximate surface area is 140 Å². The molecule has 1 aliphatic rings. The second kappa shape index (κ2) is 6.62. The largest absolute Gasteiger partial charge is 0.472 e. The van der Waals surface area contributed by atoms with Crippen molar-refractivity contribution in [2.45, 2.75) is 25.5 Å². The van der Waals surface area contributed by atoms with Crippen LogP contribution in [0.5, 0.6) is 5.88 Å². The van der Waals surface area contributed by atoms with Crippen molar-refractivity contribution in [1.82, 2.24) is 10.3 Å². The first-order valence-corrected chi connectivity index (χ1v) is 7.86. The molecule has 1 fully saturated rings. The monoisotopic (exact) mass is 382 g/mol. The fourth-order valence-corrected chi connectivity index (χ4v) is 2.30. The normalized spacial score (nSPS) is 13.7. The molecule has 1 amide bonds. The van der Waals surface area contributed by atoms with Crippen LogP contribution in [0, 0.1) is 11.6 Å². The van der Waals surface area contributed by atoms with E-state index in [0.717, 1.165) is 12.8 Å². The summed E-state index contributed by atoms with van der Waals surface area (Å²) in [7, 11) is 0. The Hall–Kier alpha value is -2.02. The Kier molecular flexibility index (Phi) is 4.56. The molecule has 2 aromatic rings. The van der Waals surface area contributed by atoms with E-state index in [1.54, 1.807) is 0 Å². The summed E-state index contributed by atoms with van der Waals surface area (Å²) in [4.78, 5) is 15.9. The molecule has 1 N–H and O–H groups in total. The maximum Gasteiger partial charge on any atom is 0.254 e. The maximum atomic E-state index is 13.8. The molecule has 0 radical (unpaired) electrons. The van der Waals surface area contributed by atoms with E-state index in [1.807, 2.05) is 0 Å². The Morgan fingerprint density at radius 3 is 2.78 bits per heavy atom. The summed E-state index contributed by atoms with van der Waals surface area (Å²) in [5.74, 6) is -1.80. The fourth-order valence-electron chi connectivity index (χ4n) is 1.94. The number of hydrogen-bond donors (Lipinski definition) is 1. The van der Waals surface area contributed by atoms with Crippen LogP contribution in [0.15, 0.2) is 34.9 Å². The van der Waals surface area contributed by atoms with Gasteiger partial charge in [0.25, 0.3) is 11.8 Å². The van der Waals surface area contributed by atoms with Crippen LogP contribution in [0.3, 0.4) is 0 Å². The summed E-state index contributed by atoms with van der Waals surface area (Å²) in [6, 6.07) is 5.34. The molecule has 23 heavy (non-hydrogen) atoms. The van der Waals surface area contributed by atoms with Gasteiger partial charge >= 0.3 is 0 Å². The molecule has 1 saturated carbocycles. The molecule has 1 aromatic carbocycles. The molecule has 3 rings (SSSR count). The van der Waals surface area contributed by atoms with E-state index in [2.05, 4.69) is 26.2 Å². The van der Waals surface area contributed by atoms with Gasteiger partial charge in [0.05, 0.1) is 5.56 Å². The van der Waals surface area contributed by atoms with Crippen molar-refractivity contribution in [3.05, 3.63) is 57.7 Å². The maximum absolute atomic E-state index is 13.8. The van der Waals surface area contributed by atoms with Crippen molar-refractivity contribution in [1.29, 1.82) is 0 Å². The molecule has 1 aromatic heterocycles. The number of nitrogens with zero attached hydrogens (tertiary/aromatic N) is 1. The zero-order chi connectivity index (χ0) is 16.4. The first-order valence-electron chi connectivity index (χ1n) is 7.07. The molecule has 0 aliphatic heterocycles. The molecule has 0 bridgehead atoms. The zero-order valence-electron chi connectivity index (χ0n) is 12.0. The minimum Gasteiger partial charge on any atom is -0.472 e. The van der Waals surface area contributed by atoms with Crippen LogP contribution in [-0.2, 0) is 6.54 Å². The molecule has 0 atom stereocenters. The molecule has 7 heteroatoms. The Bertz CT molecular complexity index is 751. The highest BCUT2D eigenvalue weighted by Crippen LogP contribution is 2.27. The number of ether oxygens (including phenoxy) is 1. The molecule has 1 aliphatic carbocycles. The number of halogens is 3. The Morgan fingerprint density at radius 2 is 2.09 bits per heavy atom. The summed E-state index contributed by atoms with van der Waals surface area (Å²) in [5.41, 5.74) is 0.385. The van der Waals surface area contributed by atoms with Gasteiger partial charge in [0.2, 0.25) is 0 Å². The number of carbonyl (C=O) groups is 1. The van der Waals surface area contributed by atoms with Crippen LogP contribution in [-0.4, -0.2) is 17.0 Å². The van der Waals surface area contributed by atoms with Crippen molar-refractivity contribution in [3.8, 4) is 5.88 Å². The standard InChI is InChI=1S/C16H13BrF2N2O2/c17-10-1-4-13(18)12(6-10)15(22)20-7-9-5-14(19)16(21-8-9)23-11-2-3-11/h1,4-6,8,11H,2-3,7H2,(H,20,22). The highest BCUT2D eigenvalue weighted by Gasteiger charge is 2.25. The number of hydrogen-bond acceptors (Lipinski definition) is 3. The lowest BCUT2D eigenvalue weighted by atomic mass is 10.2. The highest BCUT2D eigenvalue weighted by molar-refractivity contribution is 9.10. The lowest BCUT2D eigenvalue weighted by molar-refractivity contribution is 0.0946. The summed E-state index contributed by atoms with van der Waals surface area (Å²) in [6.07, 6.45) is 3.31. The average molecular weight is 383 g/mol. The molecule has 0 unspecified atom stereocenters. The lowest BCUT2D eigenvalue weighted by Crippen LogP contribution is -2.24. The first-order chi connectivity index (χ1) is 11.0.